The third kappa shape index (κ3) is 2.82. The number of alkyl halides is 2. The minimum absolute atomic E-state index is 0.00477. The molecule has 0 fully saturated rings. The Bertz CT molecular complexity index is 271. The molecule has 0 atom stereocenters. The lowest BCUT2D eigenvalue weighted by molar-refractivity contribution is -0.109. The maximum atomic E-state index is 12.1. The van der Waals surface area contributed by atoms with Crippen LogP contribution in [0.25, 0.3) is 0 Å². The zero-order valence-corrected chi connectivity index (χ0v) is 6.84. The highest BCUT2D eigenvalue weighted by molar-refractivity contribution is 5.46. The second-order valence-electron chi connectivity index (χ2n) is 2.54. The molecule has 0 bridgehead atoms. The number of carbonyl (C=O) groups excluding carboxylic acids is 1. The average Bonchev–Trinajstić information content (AvgIpc) is 2.15. The molecule has 2 nitrogen and oxygen atoms in total. The molecule has 0 aromatic heterocycles. The van der Waals surface area contributed by atoms with Gasteiger partial charge in [-0.15, -0.1) is 0 Å². The van der Waals surface area contributed by atoms with Crippen LogP contribution in [-0.2, 0) is 11.3 Å². The number of amides is 1. The van der Waals surface area contributed by atoms with E-state index >= 15 is 0 Å². The summed E-state index contributed by atoms with van der Waals surface area (Å²) in [4.78, 5) is 9.92. The Morgan fingerprint density at radius 1 is 1.31 bits per heavy atom. The highest BCUT2D eigenvalue weighted by Crippen LogP contribution is 2.18. The van der Waals surface area contributed by atoms with Gasteiger partial charge in [-0.25, -0.2) is 8.78 Å². The number of halogens is 2. The summed E-state index contributed by atoms with van der Waals surface area (Å²) in [5.41, 5.74) is 0.798. The lowest BCUT2D eigenvalue weighted by atomic mass is 10.1. The van der Waals surface area contributed by atoms with Gasteiger partial charge in [-0.05, 0) is 5.56 Å². The highest BCUT2D eigenvalue weighted by atomic mass is 19.3. The largest absolute Gasteiger partial charge is 0.355 e. The summed E-state index contributed by atoms with van der Waals surface area (Å²) in [6.45, 7) is 0.368. The van der Waals surface area contributed by atoms with Crippen molar-refractivity contribution in [3.05, 3.63) is 35.4 Å². The summed E-state index contributed by atoms with van der Waals surface area (Å²) < 4.78 is 24.2. The fourth-order valence-electron chi connectivity index (χ4n) is 0.940. The molecule has 0 unspecified atom stereocenters. The van der Waals surface area contributed by atoms with Crippen LogP contribution in [-0.4, -0.2) is 6.41 Å². The lowest BCUT2D eigenvalue weighted by Gasteiger charge is -2.02. The average molecular weight is 185 g/mol. The molecule has 0 saturated carbocycles. The van der Waals surface area contributed by atoms with Gasteiger partial charge >= 0.3 is 0 Å². The third-order valence-corrected chi connectivity index (χ3v) is 1.62. The van der Waals surface area contributed by atoms with Crippen LogP contribution in [0.5, 0.6) is 0 Å². The second kappa shape index (κ2) is 4.54. The molecule has 0 saturated heterocycles. The summed E-state index contributed by atoms with van der Waals surface area (Å²) in [6, 6.07) is 5.84. The van der Waals surface area contributed by atoms with Gasteiger partial charge in [0.05, 0.1) is 0 Å². The fourth-order valence-corrected chi connectivity index (χ4v) is 0.940. The van der Waals surface area contributed by atoms with E-state index in [9.17, 15) is 13.6 Å². The molecule has 70 valence electrons. The van der Waals surface area contributed by atoms with Crippen molar-refractivity contribution in [2.75, 3.05) is 0 Å². The van der Waals surface area contributed by atoms with Crippen molar-refractivity contribution in [1.29, 1.82) is 0 Å². The van der Waals surface area contributed by atoms with Crippen molar-refractivity contribution in [1.82, 2.24) is 5.32 Å². The van der Waals surface area contributed by atoms with Gasteiger partial charge in [0.1, 0.15) is 0 Å². The zero-order chi connectivity index (χ0) is 9.68. The van der Waals surface area contributed by atoms with E-state index in [4.69, 9.17) is 0 Å². The Balaban J connectivity index is 2.64. The maximum absolute atomic E-state index is 12.1. The van der Waals surface area contributed by atoms with E-state index in [0.29, 0.717) is 13.0 Å². The highest BCUT2D eigenvalue weighted by Gasteiger charge is 2.05. The van der Waals surface area contributed by atoms with Crippen LogP contribution in [0.15, 0.2) is 24.3 Å². The van der Waals surface area contributed by atoms with Crippen LogP contribution in [0.4, 0.5) is 8.78 Å². The van der Waals surface area contributed by atoms with Gasteiger partial charge in [0.25, 0.3) is 6.43 Å². The first kappa shape index (κ1) is 9.64. The van der Waals surface area contributed by atoms with E-state index in [1.807, 2.05) is 0 Å². The first-order valence-electron chi connectivity index (χ1n) is 3.78. The van der Waals surface area contributed by atoms with E-state index in [1.165, 1.54) is 12.1 Å². The number of carbonyl (C=O) groups is 1. The van der Waals surface area contributed by atoms with Gasteiger partial charge in [-0.1, -0.05) is 24.3 Å². The minimum Gasteiger partial charge on any atom is -0.355 e. The van der Waals surface area contributed by atoms with Crippen molar-refractivity contribution >= 4 is 6.41 Å². The predicted octanol–water partition coefficient (Wildman–Crippen LogP) is 1.87. The van der Waals surface area contributed by atoms with Gasteiger partial charge in [0, 0.05) is 12.1 Å². The number of hydrogen-bond acceptors (Lipinski definition) is 1. The molecule has 1 aromatic rings. The van der Waals surface area contributed by atoms with Crippen molar-refractivity contribution in [3.63, 3.8) is 0 Å². The molecule has 1 amide bonds. The molecule has 0 aliphatic rings. The van der Waals surface area contributed by atoms with Gasteiger partial charge < -0.3 is 5.32 Å². The molecule has 0 aliphatic carbocycles. The molecule has 4 heteroatoms. The topological polar surface area (TPSA) is 29.1 Å². The van der Waals surface area contributed by atoms with Gasteiger partial charge in [-0.3, -0.25) is 4.79 Å². The summed E-state index contributed by atoms with van der Waals surface area (Å²) in [5.74, 6) is 0. The van der Waals surface area contributed by atoms with E-state index in [1.54, 1.807) is 12.1 Å². The summed E-state index contributed by atoms with van der Waals surface area (Å²) in [7, 11) is 0. The SMILES string of the molecule is O=CNCc1ccc(C(F)F)cc1. The van der Waals surface area contributed by atoms with Gasteiger partial charge in [0.2, 0.25) is 6.41 Å². The number of benzene rings is 1. The number of nitrogens with one attached hydrogen (secondary N) is 1. The maximum Gasteiger partial charge on any atom is 0.263 e. The Hall–Kier alpha value is -1.45. The van der Waals surface area contributed by atoms with Crippen LogP contribution >= 0.6 is 0 Å². The summed E-state index contributed by atoms with van der Waals surface area (Å²) >= 11 is 0. The first-order valence-corrected chi connectivity index (χ1v) is 3.78. The minimum atomic E-state index is -2.44. The van der Waals surface area contributed by atoms with Gasteiger partial charge in [-0.2, -0.15) is 0 Å². The van der Waals surface area contributed by atoms with E-state index in [2.05, 4.69) is 5.32 Å². The molecular weight excluding hydrogens is 176 g/mol. The van der Waals surface area contributed by atoms with Crippen LogP contribution in [0.2, 0.25) is 0 Å². The molecule has 0 heterocycles. The van der Waals surface area contributed by atoms with E-state index in [0.717, 1.165) is 5.56 Å². The standard InChI is InChI=1S/C9H9F2NO/c10-9(11)8-3-1-7(2-4-8)5-12-6-13/h1-4,6,9H,5H2,(H,12,13). The molecule has 1 rings (SSSR count). The quantitative estimate of drug-likeness (QED) is 0.713. The zero-order valence-electron chi connectivity index (χ0n) is 6.84. The van der Waals surface area contributed by atoms with Crippen molar-refractivity contribution in [2.24, 2.45) is 0 Å². The monoisotopic (exact) mass is 185 g/mol. The molecule has 1 aromatic carbocycles. The second-order valence-corrected chi connectivity index (χ2v) is 2.54. The Labute approximate surface area is 74.6 Å². The Morgan fingerprint density at radius 2 is 1.92 bits per heavy atom. The first-order chi connectivity index (χ1) is 6.24. The van der Waals surface area contributed by atoms with E-state index in [-0.39, 0.29) is 5.56 Å². The van der Waals surface area contributed by atoms with Crippen molar-refractivity contribution < 1.29 is 13.6 Å². The van der Waals surface area contributed by atoms with Crippen molar-refractivity contribution in [3.8, 4) is 0 Å². The fraction of sp³-hybridized carbons (Fsp3) is 0.222. The summed E-state index contributed by atoms with van der Waals surface area (Å²) in [5, 5.41) is 2.45. The van der Waals surface area contributed by atoms with Crippen LogP contribution in [0.1, 0.15) is 17.6 Å². The number of hydrogen-bond donors (Lipinski definition) is 1. The molecule has 0 aliphatic heterocycles. The Kier molecular flexibility index (Phi) is 3.37. The van der Waals surface area contributed by atoms with Gasteiger partial charge in [0.15, 0.2) is 0 Å². The van der Waals surface area contributed by atoms with Crippen LogP contribution in [0, 0.1) is 0 Å². The van der Waals surface area contributed by atoms with Crippen molar-refractivity contribution in [2.45, 2.75) is 13.0 Å². The smallest absolute Gasteiger partial charge is 0.263 e. The molecule has 0 radical (unpaired) electrons. The predicted molar refractivity (Wildman–Crippen MR) is 44.3 cm³/mol. The molecule has 0 spiro atoms. The van der Waals surface area contributed by atoms with E-state index < -0.39 is 6.43 Å². The molecular formula is C9H9F2NO. The molecule has 1 N–H and O–H groups in total. The Morgan fingerprint density at radius 3 is 2.38 bits per heavy atom. The normalized spacial score (nSPS) is 10.1. The molecule has 13 heavy (non-hydrogen) atoms. The third-order valence-electron chi connectivity index (χ3n) is 1.62. The van der Waals surface area contributed by atoms with Crippen LogP contribution in [0.3, 0.4) is 0 Å². The summed E-state index contributed by atoms with van der Waals surface area (Å²) in [6.07, 6.45) is -1.87. The van der Waals surface area contributed by atoms with Crippen LogP contribution < -0.4 is 5.32 Å². The number of rotatable bonds is 4. The lowest BCUT2D eigenvalue weighted by Crippen LogP contribution is -2.09.